The van der Waals surface area contributed by atoms with Crippen molar-refractivity contribution >= 4 is 12.0 Å². The molecule has 0 aromatic carbocycles. The number of rotatable bonds is 1. The summed E-state index contributed by atoms with van der Waals surface area (Å²) in [5.41, 5.74) is 5.47. The standard InChI is InChI=1S/C10H19N5O/c1-2-13-4-3-8-7-14(9(11)12)5-6-15(8)10(13)16/h8H,2-7H2,1H3,(H3,11,12). The number of piperazine rings is 1. The van der Waals surface area contributed by atoms with E-state index < -0.39 is 0 Å². The Labute approximate surface area is 95.5 Å². The van der Waals surface area contributed by atoms with Gasteiger partial charge in [0.1, 0.15) is 0 Å². The molecule has 2 amide bonds. The predicted octanol–water partition coefficient (Wildman–Crippen LogP) is -0.288. The van der Waals surface area contributed by atoms with E-state index in [0.717, 1.165) is 19.5 Å². The number of guanidine groups is 1. The number of amides is 2. The van der Waals surface area contributed by atoms with E-state index in [2.05, 4.69) is 0 Å². The lowest BCUT2D eigenvalue weighted by atomic mass is 10.1. The summed E-state index contributed by atoms with van der Waals surface area (Å²) in [6, 6.07) is 0.370. The Hall–Kier alpha value is -1.46. The van der Waals surface area contributed by atoms with Gasteiger partial charge in [-0.15, -0.1) is 0 Å². The van der Waals surface area contributed by atoms with Gasteiger partial charge < -0.3 is 20.4 Å². The van der Waals surface area contributed by atoms with E-state index in [0.29, 0.717) is 19.6 Å². The molecule has 16 heavy (non-hydrogen) atoms. The molecular formula is C10H19N5O. The zero-order chi connectivity index (χ0) is 11.7. The van der Waals surface area contributed by atoms with Crippen LogP contribution in [0.15, 0.2) is 0 Å². The van der Waals surface area contributed by atoms with Gasteiger partial charge in [0.05, 0.1) is 6.04 Å². The smallest absolute Gasteiger partial charge is 0.320 e. The SMILES string of the molecule is CCN1CCC2CN(C(=N)N)CCN2C1=O. The van der Waals surface area contributed by atoms with E-state index in [1.807, 2.05) is 21.6 Å². The Morgan fingerprint density at radius 3 is 2.88 bits per heavy atom. The van der Waals surface area contributed by atoms with Crippen LogP contribution in [0.5, 0.6) is 0 Å². The van der Waals surface area contributed by atoms with E-state index in [-0.39, 0.29) is 18.0 Å². The maximum atomic E-state index is 12.0. The number of fused-ring (bicyclic) bond motifs is 1. The number of urea groups is 1. The Morgan fingerprint density at radius 2 is 2.25 bits per heavy atom. The Morgan fingerprint density at radius 1 is 1.50 bits per heavy atom. The first-order valence-electron chi connectivity index (χ1n) is 5.78. The molecule has 2 saturated heterocycles. The van der Waals surface area contributed by atoms with Crippen LogP contribution in [-0.4, -0.2) is 65.5 Å². The van der Waals surface area contributed by atoms with Crippen molar-refractivity contribution in [1.82, 2.24) is 14.7 Å². The lowest BCUT2D eigenvalue weighted by Gasteiger charge is -2.47. The molecule has 1 atom stereocenters. The van der Waals surface area contributed by atoms with Gasteiger partial charge in [-0.05, 0) is 13.3 Å². The Balaban J connectivity index is 2.03. The summed E-state index contributed by atoms with van der Waals surface area (Å²) in [5, 5.41) is 7.41. The van der Waals surface area contributed by atoms with Crippen molar-refractivity contribution in [3.8, 4) is 0 Å². The molecule has 0 spiro atoms. The summed E-state index contributed by atoms with van der Waals surface area (Å²) in [4.78, 5) is 17.7. The fourth-order valence-corrected chi connectivity index (χ4v) is 2.45. The average Bonchev–Trinajstić information content (AvgIpc) is 2.29. The molecule has 90 valence electrons. The highest BCUT2D eigenvalue weighted by Gasteiger charge is 2.36. The second-order valence-corrected chi connectivity index (χ2v) is 4.33. The van der Waals surface area contributed by atoms with Crippen molar-refractivity contribution in [3.05, 3.63) is 0 Å². The highest BCUT2D eigenvalue weighted by Crippen LogP contribution is 2.20. The summed E-state index contributed by atoms with van der Waals surface area (Å²) in [7, 11) is 0. The highest BCUT2D eigenvalue weighted by molar-refractivity contribution is 5.77. The minimum Gasteiger partial charge on any atom is -0.370 e. The van der Waals surface area contributed by atoms with Crippen LogP contribution >= 0.6 is 0 Å². The van der Waals surface area contributed by atoms with E-state index >= 15 is 0 Å². The first-order valence-corrected chi connectivity index (χ1v) is 5.78. The molecule has 0 aromatic rings. The number of hydrogen-bond donors (Lipinski definition) is 2. The van der Waals surface area contributed by atoms with Crippen molar-refractivity contribution in [2.24, 2.45) is 5.73 Å². The molecule has 2 aliphatic heterocycles. The topological polar surface area (TPSA) is 76.7 Å². The van der Waals surface area contributed by atoms with E-state index in [9.17, 15) is 4.79 Å². The first kappa shape index (κ1) is 11.0. The van der Waals surface area contributed by atoms with E-state index in [1.165, 1.54) is 0 Å². The second-order valence-electron chi connectivity index (χ2n) is 4.33. The molecule has 2 heterocycles. The minimum absolute atomic E-state index is 0.116. The van der Waals surface area contributed by atoms with E-state index in [4.69, 9.17) is 11.1 Å². The largest absolute Gasteiger partial charge is 0.370 e. The normalized spacial score (nSPS) is 25.7. The number of carbonyl (C=O) groups is 1. The van der Waals surface area contributed by atoms with Gasteiger partial charge in [-0.1, -0.05) is 0 Å². The van der Waals surface area contributed by atoms with Crippen molar-refractivity contribution in [2.75, 3.05) is 32.7 Å². The third-order valence-corrected chi connectivity index (χ3v) is 3.45. The number of nitrogens with zero attached hydrogens (tertiary/aromatic N) is 3. The summed E-state index contributed by atoms with van der Waals surface area (Å²) in [5.74, 6) is 0.116. The molecule has 0 bridgehead atoms. The molecule has 6 heteroatoms. The predicted molar refractivity (Wildman–Crippen MR) is 61.2 cm³/mol. The number of nitrogens with two attached hydrogens (primary N) is 1. The molecule has 0 saturated carbocycles. The molecule has 3 N–H and O–H groups in total. The van der Waals surface area contributed by atoms with Crippen LogP contribution in [0.2, 0.25) is 0 Å². The van der Waals surface area contributed by atoms with Gasteiger partial charge in [0.15, 0.2) is 5.96 Å². The van der Waals surface area contributed by atoms with Gasteiger partial charge in [-0.2, -0.15) is 0 Å². The maximum absolute atomic E-state index is 12.0. The monoisotopic (exact) mass is 225 g/mol. The van der Waals surface area contributed by atoms with Crippen LogP contribution in [0.4, 0.5) is 4.79 Å². The summed E-state index contributed by atoms with van der Waals surface area (Å²) in [6.45, 7) is 5.66. The zero-order valence-electron chi connectivity index (χ0n) is 9.65. The Kier molecular flexibility index (Phi) is 2.89. The molecule has 2 fully saturated rings. The van der Waals surface area contributed by atoms with Gasteiger partial charge in [0, 0.05) is 32.7 Å². The second kappa shape index (κ2) is 4.19. The van der Waals surface area contributed by atoms with Gasteiger partial charge in [0.25, 0.3) is 0 Å². The Bertz CT molecular complexity index is 306. The van der Waals surface area contributed by atoms with Crippen LogP contribution < -0.4 is 5.73 Å². The summed E-state index contributed by atoms with van der Waals surface area (Å²) >= 11 is 0. The molecule has 1 unspecified atom stereocenters. The van der Waals surface area contributed by atoms with Gasteiger partial charge >= 0.3 is 6.03 Å². The average molecular weight is 225 g/mol. The lowest BCUT2D eigenvalue weighted by molar-refractivity contribution is 0.0654. The third-order valence-electron chi connectivity index (χ3n) is 3.45. The van der Waals surface area contributed by atoms with Gasteiger partial charge in [-0.3, -0.25) is 5.41 Å². The van der Waals surface area contributed by atoms with Crippen molar-refractivity contribution < 1.29 is 4.79 Å². The molecule has 0 aliphatic carbocycles. The van der Waals surface area contributed by atoms with Crippen LogP contribution in [0.25, 0.3) is 0 Å². The number of carbonyl (C=O) groups excluding carboxylic acids is 1. The van der Waals surface area contributed by atoms with Crippen LogP contribution in [0.1, 0.15) is 13.3 Å². The van der Waals surface area contributed by atoms with Crippen molar-refractivity contribution in [1.29, 1.82) is 5.41 Å². The van der Waals surface area contributed by atoms with Crippen LogP contribution in [0, 0.1) is 5.41 Å². The quantitative estimate of drug-likeness (QED) is 0.475. The fraction of sp³-hybridized carbons (Fsp3) is 0.800. The zero-order valence-corrected chi connectivity index (χ0v) is 9.65. The third kappa shape index (κ3) is 1.79. The molecule has 2 rings (SSSR count). The molecule has 2 aliphatic rings. The molecule has 0 aromatic heterocycles. The van der Waals surface area contributed by atoms with Crippen LogP contribution in [0.3, 0.4) is 0 Å². The molecular weight excluding hydrogens is 206 g/mol. The van der Waals surface area contributed by atoms with Crippen LogP contribution in [-0.2, 0) is 0 Å². The fourth-order valence-electron chi connectivity index (χ4n) is 2.45. The van der Waals surface area contributed by atoms with Gasteiger partial charge in [0.2, 0.25) is 0 Å². The summed E-state index contributed by atoms with van der Waals surface area (Å²) < 4.78 is 0. The summed E-state index contributed by atoms with van der Waals surface area (Å²) in [6.07, 6.45) is 0.976. The van der Waals surface area contributed by atoms with Crippen molar-refractivity contribution in [3.63, 3.8) is 0 Å². The number of hydrogen-bond acceptors (Lipinski definition) is 2. The highest BCUT2D eigenvalue weighted by atomic mass is 16.2. The van der Waals surface area contributed by atoms with E-state index in [1.54, 1.807) is 0 Å². The minimum atomic E-state index is 0.116. The maximum Gasteiger partial charge on any atom is 0.320 e. The molecule has 6 nitrogen and oxygen atoms in total. The number of nitrogens with one attached hydrogen (secondary N) is 1. The van der Waals surface area contributed by atoms with Gasteiger partial charge in [-0.25, -0.2) is 4.79 Å². The lowest BCUT2D eigenvalue weighted by Crippen LogP contribution is -2.63. The first-order chi connectivity index (χ1) is 7.63. The molecule has 0 radical (unpaired) electrons. The van der Waals surface area contributed by atoms with Crippen molar-refractivity contribution in [2.45, 2.75) is 19.4 Å².